The fourth-order valence-corrected chi connectivity index (χ4v) is 8.66. The molecule has 0 N–H and O–H groups in total. The maximum atomic E-state index is 14.3. The number of hydrogen-bond donors (Lipinski definition) is 0. The van der Waals surface area contributed by atoms with Crippen LogP contribution in [-0.2, 0) is 9.84 Å². The number of rotatable bonds is 12. The molecule has 0 aliphatic rings. The van der Waals surface area contributed by atoms with Crippen LogP contribution in [0.4, 0.5) is 0 Å². The first-order chi connectivity index (χ1) is 12.1. The van der Waals surface area contributed by atoms with Crippen LogP contribution in [0.25, 0.3) is 0 Å². The van der Waals surface area contributed by atoms with Gasteiger partial charge < -0.3 is 0 Å². The van der Waals surface area contributed by atoms with E-state index in [0.717, 1.165) is 32.1 Å². The van der Waals surface area contributed by atoms with Gasteiger partial charge in [-0.05, 0) is 62.7 Å². The largest absolute Gasteiger partial charge is 0.228 e. The van der Waals surface area contributed by atoms with E-state index in [1.54, 1.807) is 0 Å². The van der Waals surface area contributed by atoms with Crippen LogP contribution in [-0.4, -0.2) is 17.9 Å². The molecule has 0 saturated heterocycles. The summed E-state index contributed by atoms with van der Waals surface area (Å²) in [4.78, 5) is 0. The van der Waals surface area contributed by atoms with E-state index < -0.39 is 19.3 Å². The Morgan fingerprint density at radius 1 is 0.630 bits per heavy atom. The summed E-state index contributed by atoms with van der Waals surface area (Å²) in [6.07, 6.45) is 5.46. The highest BCUT2D eigenvalue weighted by Gasteiger charge is 2.58. The summed E-state index contributed by atoms with van der Waals surface area (Å²) >= 11 is 0. The monoisotopic (exact) mass is 402 g/mol. The minimum atomic E-state index is -3.37. The molecular weight excluding hydrogens is 352 g/mol. The molecule has 3 atom stereocenters. The van der Waals surface area contributed by atoms with Crippen LogP contribution in [0.2, 0.25) is 0 Å². The molecule has 0 aromatic heterocycles. The van der Waals surface area contributed by atoms with Gasteiger partial charge in [0.05, 0.1) is 9.49 Å². The highest BCUT2D eigenvalue weighted by molar-refractivity contribution is 7.94. The maximum Gasteiger partial charge on any atom is 0.161 e. The third-order valence-corrected chi connectivity index (χ3v) is 12.7. The van der Waals surface area contributed by atoms with Gasteiger partial charge in [0.15, 0.2) is 9.84 Å². The zero-order chi connectivity index (χ0) is 21.9. The summed E-state index contributed by atoms with van der Waals surface area (Å²) in [7, 11) is -3.37. The topological polar surface area (TPSA) is 34.1 Å². The van der Waals surface area contributed by atoms with Gasteiger partial charge in [-0.25, -0.2) is 8.42 Å². The molecule has 0 heterocycles. The van der Waals surface area contributed by atoms with Gasteiger partial charge in [0.2, 0.25) is 0 Å². The molecule has 0 rings (SSSR count). The van der Waals surface area contributed by atoms with Crippen LogP contribution in [0.5, 0.6) is 0 Å². The first kappa shape index (κ1) is 27.0. The molecule has 0 aromatic rings. The minimum Gasteiger partial charge on any atom is -0.228 e. The van der Waals surface area contributed by atoms with Crippen molar-refractivity contribution in [2.75, 3.05) is 0 Å². The quantitative estimate of drug-likeness (QED) is 0.335. The minimum absolute atomic E-state index is 0.143. The van der Waals surface area contributed by atoms with Crippen LogP contribution in [0.1, 0.15) is 122 Å². The average Bonchev–Trinajstić information content (AvgIpc) is 2.63. The highest BCUT2D eigenvalue weighted by Crippen LogP contribution is 2.53. The normalized spacial score (nSPS) is 18.8. The van der Waals surface area contributed by atoms with Gasteiger partial charge in [-0.2, -0.15) is 0 Å². The van der Waals surface area contributed by atoms with E-state index in [2.05, 4.69) is 69.2 Å². The molecule has 0 aromatic carbocycles. The van der Waals surface area contributed by atoms with Gasteiger partial charge in [0, 0.05) is 0 Å². The van der Waals surface area contributed by atoms with Gasteiger partial charge >= 0.3 is 0 Å². The van der Waals surface area contributed by atoms with Crippen molar-refractivity contribution in [3.8, 4) is 0 Å². The molecule has 164 valence electrons. The van der Waals surface area contributed by atoms with Crippen molar-refractivity contribution < 1.29 is 8.42 Å². The Bertz CT molecular complexity index is 555. The fourth-order valence-electron chi connectivity index (χ4n) is 5.45. The van der Waals surface area contributed by atoms with Crippen molar-refractivity contribution in [3.63, 3.8) is 0 Å². The Kier molecular flexibility index (Phi) is 9.16. The molecule has 27 heavy (non-hydrogen) atoms. The lowest BCUT2D eigenvalue weighted by Gasteiger charge is -2.52. The second-order valence-corrected chi connectivity index (χ2v) is 13.3. The summed E-state index contributed by atoms with van der Waals surface area (Å²) in [5.74, 6) is 0.572. The third kappa shape index (κ3) is 4.28. The van der Waals surface area contributed by atoms with Gasteiger partial charge in [-0.1, -0.05) is 81.6 Å². The molecular formula is C24H50O2S. The molecule has 0 bridgehead atoms. The van der Waals surface area contributed by atoms with Crippen molar-refractivity contribution in [3.05, 3.63) is 0 Å². The maximum absolute atomic E-state index is 14.3. The summed E-state index contributed by atoms with van der Waals surface area (Å²) < 4.78 is 27.2. The van der Waals surface area contributed by atoms with E-state index in [4.69, 9.17) is 0 Å². The third-order valence-electron chi connectivity index (χ3n) is 9.07. The Hall–Kier alpha value is -0.0500. The molecule has 0 spiro atoms. The van der Waals surface area contributed by atoms with E-state index in [-0.39, 0.29) is 16.7 Å². The number of sulfone groups is 1. The lowest BCUT2D eigenvalue weighted by molar-refractivity contribution is 0.0929. The molecule has 2 nitrogen and oxygen atoms in total. The first-order valence-electron chi connectivity index (χ1n) is 11.4. The molecule has 3 heteroatoms. The molecule has 0 saturated carbocycles. The van der Waals surface area contributed by atoms with E-state index in [1.165, 1.54) is 0 Å². The van der Waals surface area contributed by atoms with Crippen LogP contribution in [0.15, 0.2) is 0 Å². The first-order valence-corrected chi connectivity index (χ1v) is 12.9. The molecule has 0 radical (unpaired) electrons. The zero-order valence-corrected chi connectivity index (χ0v) is 21.4. The van der Waals surface area contributed by atoms with E-state index >= 15 is 0 Å². The highest BCUT2D eigenvalue weighted by atomic mass is 32.2. The van der Waals surface area contributed by atoms with Crippen molar-refractivity contribution in [2.45, 2.75) is 131 Å². The summed E-state index contributed by atoms with van der Waals surface area (Å²) in [5.41, 5.74) is -0.0765. The molecule has 0 aliphatic carbocycles. The number of hydrogen-bond acceptors (Lipinski definition) is 2. The standard InChI is InChI=1S/C24H50O2S/c1-13-19(21(7,8)15-3)20(14-2)24(12,18-6)27(25,26)22(9,10)23(11,16-4)17-5/h19-20H,13-18H2,1-12H3. The SMILES string of the molecule is CCC(C(CC)C(C)(CC)S(=O)(=O)C(C)(C)C(C)(CC)CC)C(C)(C)CC. The van der Waals surface area contributed by atoms with E-state index in [9.17, 15) is 8.42 Å². The van der Waals surface area contributed by atoms with Gasteiger partial charge in [-0.15, -0.1) is 0 Å². The van der Waals surface area contributed by atoms with Crippen LogP contribution in [0, 0.1) is 22.7 Å². The Morgan fingerprint density at radius 2 is 1.04 bits per heavy atom. The lowest BCUT2D eigenvalue weighted by Crippen LogP contribution is -2.59. The Morgan fingerprint density at radius 3 is 1.30 bits per heavy atom. The van der Waals surface area contributed by atoms with Crippen molar-refractivity contribution in [2.24, 2.45) is 22.7 Å². The van der Waals surface area contributed by atoms with Gasteiger partial charge in [0.25, 0.3) is 0 Å². The molecule has 0 aliphatic heterocycles. The van der Waals surface area contributed by atoms with Crippen LogP contribution >= 0.6 is 0 Å². The predicted octanol–water partition coefficient (Wildman–Crippen LogP) is 7.66. The fraction of sp³-hybridized carbons (Fsp3) is 1.00. The van der Waals surface area contributed by atoms with Crippen molar-refractivity contribution in [1.82, 2.24) is 0 Å². The smallest absolute Gasteiger partial charge is 0.161 e. The molecule has 0 fully saturated rings. The van der Waals surface area contributed by atoms with Gasteiger partial charge in [0.1, 0.15) is 0 Å². The van der Waals surface area contributed by atoms with E-state index in [1.807, 2.05) is 13.8 Å². The van der Waals surface area contributed by atoms with E-state index in [0.29, 0.717) is 12.3 Å². The summed E-state index contributed by atoms with van der Waals surface area (Å²) in [5, 5.41) is 0. The zero-order valence-electron chi connectivity index (χ0n) is 20.6. The summed E-state index contributed by atoms with van der Waals surface area (Å²) in [6.45, 7) is 25.8. The van der Waals surface area contributed by atoms with Crippen LogP contribution < -0.4 is 0 Å². The second kappa shape index (κ2) is 9.18. The Labute approximate surface area is 172 Å². The average molecular weight is 403 g/mol. The van der Waals surface area contributed by atoms with Gasteiger partial charge in [-0.3, -0.25) is 0 Å². The van der Waals surface area contributed by atoms with Crippen molar-refractivity contribution >= 4 is 9.84 Å². The predicted molar refractivity (Wildman–Crippen MR) is 122 cm³/mol. The molecule has 3 unspecified atom stereocenters. The van der Waals surface area contributed by atoms with Crippen LogP contribution in [0.3, 0.4) is 0 Å². The summed E-state index contributed by atoms with van der Waals surface area (Å²) in [6, 6.07) is 0. The second-order valence-electron chi connectivity index (χ2n) is 10.3. The Balaban J connectivity index is 6.63. The lowest BCUT2D eigenvalue weighted by atomic mass is 9.64. The van der Waals surface area contributed by atoms with Crippen molar-refractivity contribution in [1.29, 1.82) is 0 Å². The molecule has 0 amide bonds.